The molecule has 0 saturated carbocycles. The van der Waals surface area contributed by atoms with Crippen LogP contribution in [0.2, 0.25) is 0 Å². The van der Waals surface area contributed by atoms with Gasteiger partial charge in [0.05, 0.1) is 32.2 Å². The Bertz CT molecular complexity index is 1200. The molecule has 9 nitrogen and oxygen atoms in total. The van der Waals surface area contributed by atoms with Crippen LogP contribution in [0.5, 0.6) is 11.5 Å². The van der Waals surface area contributed by atoms with E-state index in [0.29, 0.717) is 36.8 Å². The number of hydrogen-bond donors (Lipinski definition) is 1. The van der Waals surface area contributed by atoms with Gasteiger partial charge in [0, 0.05) is 23.6 Å². The summed E-state index contributed by atoms with van der Waals surface area (Å²) >= 11 is 0. The van der Waals surface area contributed by atoms with Crippen LogP contribution in [0.15, 0.2) is 64.6 Å². The van der Waals surface area contributed by atoms with Crippen LogP contribution in [-0.4, -0.2) is 41.2 Å². The molecule has 9 heteroatoms. The SMILES string of the molecule is CCOc1ccc(C2=NN(Cc3ccc(NC(=O)c4cnco4)cc3)C(=O)CC2CC)cc1OC. The predicted molar refractivity (Wildman–Crippen MR) is 131 cm³/mol. The normalized spacial score (nSPS) is 15.5. The summed E-state index contributed by atoms with van der Waals surface area (Å²) in [4.78, 5) is 28.7. The van der Waals surface area contributed by atoms with Gasteiger partial charge in [0.25, 0.3) is 5.91 Å². The number of ether oxygens (including phenoxy) is 2. The number of carbonyl (C=O) groups excluding carboxylic acids is 2. The molecule has 0 spiro atoms. The van der Waals surface area contributed by atoms with E-state index in [2.05, 4.69) is 17.2 Å². The Balaban J connectivity index is 1.52. The highest BCUT2D eigenvalue weighted by Crippen LogP contribution is 2.32. The van der Waals surface area contributed by atoms with Gasteiger partial charge in [-0.25, -0.2) is 9.99 Å². The number of anilines is 1. The van der Waals surface area contributed by atoms with Crippen molar-refractivity contribution in [2.75, 3.05) is 19.0 Å². The molecule has 0 radical (unpaired) electrons. The summed E-state index contributed by atoms with van der Waals surface area (Å²) in [6, 6.07) is 13.0. The number of methoxy groups -OCH3 is 1. The summed E-state index contributed by atoms with van der Waals surface area (Å²) in [5, 5.41) is 9.01. The van der Waals surface area contributed by atoms with Crippen LogP contribution in [0, 0.1) is 5.92 Å². The zero-order valence-corrected chi connectivity index (χ0v) is 20.0. The average molecular weight is 477 g/mol. The standard InChI is InChI=1S/C26H28N4O5/c1-4-18-13-24(31)30(29-25(18)19-8-11-21(34-5-2)22(12-19)33-3)15-17-6-9-20(10-7-17)28-26(32)23-14-27-16-35-23/h6-12,14,16,18H,4-5,13,15H2,1-3H3,(H,28,32). The number of hydrogen-bond acceptors (Lipinski definition) is 7. The number of hydrazone groups is 1. The number of nitrogens with one attached hydrogen (secondary N) is 1. The van der Waals surface area contributed by atoms with Gasteiger partial charge in [-0.3, -0.25) is 9.59 Å². The summed E-state index contributed by atoms with van der Waals surface area (Å²) in [6.07, 6.45) is 3.74. The third kappa shape index (κ3) is 5.51. The number of oxazole rings is 1. The number of benzene rings is 2. The monoisotopic (exact) mass is 476 g/mol. The maximum atomic E-state index is 12.9. The molecule has 1 atom stereocenters. The van der Waals surface area contributed by atoms with Gasteiger partial charge in [-0.05, 0) is 49.2 Å². The Morgan fingerprint density at radius 3 is 2.63 bits per heavy atom. The second-order valence-electron chi connectivity index (χ2n) is 8.06. The molecule has 0 aliphatic carbocycles. The first kappa shape index (κ1) is 24.0. The first-order valence-electron chi connectivity index (χ1n) is 11.5. The highest BCUT2D eigenvalue weighted by Gasteiger charge is 2.29. The number of amides is 2. The largest absolute Gasteiger partial charge is 0.493 e. The summed E-state index contributed by atoms with van der Waals surface area (Å²) in [7, 11) is 1.61. The molecule has 1 aromatic heterocycles. The molecule has 3 aromatic rings. The Hall–Kier alpha value is -4.14. The zero-order chi connectivity index (χ0) is 24.8. The van der Waals surface area contributed by atoms with E-state index in [1.54, 1.807) is 19.2 Å². The van der Waals surface area contributed by atoms with Crippen molar-refractivity contribution in [3.63, 3.8) is 0 Å². The molecule has 2 amide bonds. The van der Waals surface area contributed by atoms with Crippen LogP contribution in [-0.2, 0) is 11.3 Å². The molecule has 1 aliphatic heterocycles. The molecule has 2 aromatic carbocycles. The van der Waals surface area contributed by atoms with Crippen molar-refractivity contribution in [3.8, 4) is 11.5 Å². The quantitative estimate of drug-likeness (QED) is 0.488. The fourth-order valence-corrected chi connectivity index (χ4v) is 3.92. The third-order valence-electron chi connectivity index (χ3n) is 5.78. The molecule has 0 saturated heterocycles. The molecule has 182 valence electrons. The molecule has 0 fully saturated rings. The second-order valence-corrected chi connectivity index (χ2v) is 8.06. The van der Waals surface area contributed by atoms with Crippen molar-refractivity contribution in [1.82, 2.24) is 9.99 Å². The molecular weight excluding hydrogens is 448 g/mol. The van der Waals surface area contributed by atoms with Crippen molar-refractivity contribution in [2.24, 2.45) is 11.0 Å². The first-order chi connectivity index (χ1) is 17.0. The zero-order valence-electron chi connectivity index (χ0n) is 20.0. The van der Waals surface area contributed by atoms with Crippen LogP contribution < -0.4 is 14.8 Å². The smallest absolute Gasteiger partial charge is 0.293 e. The number of rotatable bonds is 9. The fraction of sp³-hybridized carbons (Fsp3) is 0.308. The first-order valence-corrected chi connectivity index (χ1v) is 11.5. The lowest BCUT2D eigenvalue weighted by molar-refractivity contribution is -0.133. The Kier molecular flexibility index (Phi) is 7.45. The van der Waals surface area contributed by atoms with E-state index in [4.69, 9.17) is 19.0 Å². The number of nitrogens with zero attached hydrogens (tertiary/aromatic N) is 3. The van der Waals surface area contributed by atoms with Gasteiger partial charge in [0.1, 0.15) is 0 Å². The molecule has 2 heterocycles. The molecule has 35 heavy (non-hydrogen) atoms. The minimum absolute atomic E-state index is 0.0232. The Morgan fingerprint density at radius 2 is 1.97 bits per heavy atom. The highest BCUT2D eigenvalue weighted by molar-refractivity contribution is 6.06. The Morgan fingerprint density at radius 1 is 1.17 bits per heavy atom. The van der Waals surface area contributed by atoms with Gasteiger partial charge in [0.15, 0.2) is 17.9 Å². The minimum atomic E-state index is -0.382. The maximum Gasteiger partial charge on any atom is 0.293 e. The highest BCUT2D eigenvalue weighted by atomic mass is 16.5. The minimum Gasteiger partial charge on any atom is -0.493 e. The van der Waals surface area contributed by atoms with Crippen molar-refractivity contribution >= 4 is 23.2 Å². The number of carbonyl (C=O) groups is 2. The van der Waals surface area contributed by atoms with Gasteiger partial charge in [-0.1, -0.05) is 19.1 Å². The summed E-state index contributed by atoms with van der Waals surface area (Å²) in [5.74, 6) is 1.05. The van der Waals surface area contributed by atoms with Crippen molar-refractivity contribution in [1.29, 1.82) is 0 Å². The van der Waals surface area contributed by atoms with Crippen molar-refractivity contribution in [2.45, 2.75) is 33.2 Å². The average Bonchev–Trinajstić information content (AvgIpc) is 3.42. The fourth-order valence-electron chi connectivity index (χ4n) is 3.92. The van der Waals surface area contributed by atoms with Gasteiger partial charge in [-0.15, -0.1) is 0 Å². The van der Waals surface area contributed by atoms with Gasteiger partial charge in [-0.2, -0.15) is 5.10 Å². The van der Waals surface area contributed by atoms with Crippen LogP contribution in [0.1, 0.15) is 48.4 Å². The Labute approximate surface area is 203 Å². The van der Waals surface area contributed by atoms with E-state index in [-0.39, 0.29) is 23.5 Å². The van der Waals surface area contributed by atoms with Crippen LogP contribution in [0.4, 0.5) is 5.69 Å². The number of aromatic nitrogens is 1. The van der Waals surface area contributed by atoms with Crippen molar-refractivity contribution < 1.29 is 23.5 Å². The van der Waals surface area contributed by atoms with Gasteiger partial charge >= 0.3 is 0 Å². The molecular formula is C26H28N4O5. The van der Waals surface area contributed by atoms with E-state index in [1.165, 1.54) is 17.6 Å². The summed E-state index contributed by atoms with van der Waals surface area (Å²) in [5.41, 5.74) is 3.25. The van der Waals surface area contributed by atoms with E-state index >= 15 is 0 Å². The lowest BCUT2D eigenvalue weighted by Crippen LogP contribution is -2.36. The lowest BCUT2D eigenvalue weighted by atomic mass is 9.89. The second kappa shape index (κ2) is 10.9. The third-order valence-corrected chi connectivity index (χ3v) is 5.78. The predicted octanol–water partition coefficient (Wildman–Crippen LogP) is 4.50. The van der Waals surface area contributed by atoms with E-state index in [9.17, 15) is 9.59 Å². The molecule has 1 N–H and O–H groups in total. The molecule has 1 unspecified atom stereocenters. The van der Waals surface area contributed by atoms with Gasteiger partial charge < -0.3 is 19.2 Å². The van der Waals surface area contributed by atoms with E-state index in [0.717, 1.165) is 23.3 Å². The lowest BCUT2D eigenvalue weighted by Gasteiger charge is -2.29. The van der Waals surface area contributed by atoms with Crippen LogP contribution >= 0.6 is 0 Å². The van der Waals surface area contributed by atoms with Crippen molar-refractivity contribution in [3.05, 3.63) is 71.9 Å². The summed E-state index contributed by atoms with van der Waals surface area (Å²) < 4.78 is 16.1. The molecule has 0 bridgehead atoms. The topological polar surface area (TPSA) is 106 Å². The van der Waals surface area contributed by atoms with Gasteiger partial charge in [0.2, 0.25) is 11.7 Å². The molecule has 1 aliphatic rings. The van der Waals surface area contributed by atoms with Crippen LogP contribution in [0.25, 0.3) is 0 Å². The summed E-state index contributed by atoms with van der Waals surface area (Å²) in [6.45, 7) is 4.84. The van der Waals surface area contributed by atoms with Crippen LogP contribution in [0.3, 0.4) is 0 Å². The molecule has 4 rings (SSSR count). The maximum absolute atomic E-state index is 12.9. The van der Waals surface area contributed by atoms with E-state index < -0.39 is 0 Å². The van der Waals surface area contributed by atoms with E-state index in [1.807, 2.05) is 37.3 Å².